The Morgan fingerprint density at radius 2 is 2.21 bits per heavy atom. The highest BCUT2D eigenvalue weighted by molar-refractivity contribution is 5.37. The molecule has 2 rings (SSSR count). The summed E-state index contributed by atoms with van der Waals surface area (Å²) in [7, 11) is 0. The third-order valence-electron chi connectivity index (χ3n) is 3.28. The summed E-state index contributed by atoms with van der Waals surface area (Å²) in [6.45, 7) is 7.87. The summed E-state index contributed by atoms with van der Waals surface area (Å²) < 4.78 is 19.0. The molecule has 0 radical (unpaired) electrons. The van der Waals surface area contributed by atoms with E-state index in [-0.39, 0.29) is 11.9 Å². The van der Waals surface area contributed by atoms with Gasteiger partial charge in [0, 0.05) is 25.1 Å². The van der Waals surface area contributed by atoms with Crippen molar-refractivity contribution in [3.63, 3.8) is 0 Å². The highest BCUT2D eigenvalue weighted by Gasteiger charge is 2.26. The lowest BCUT2D eigenvalue weighted by Gasteiger charge is -2.29. The Kier molecular flexibility index (Phi) is 4.11. The number of halogens is 1. The molecule has 0 aromatic heterocycles. The molecule has 106 valence electrons. The second-order valence-corrected chi connectivity index (χ2v) is 5.84. The van der Waals surface area contributed by atoms with Gasteiger partial charge < -0.3 is 9.84 Å². The first kappa shape index (κ1) is 14.3. The van der Waals surface area contributed by atoms with Gasteiger partial charge >= 0.3 is 0 Å². The Labute approximate surface area is 114 Å². The van der Waals surface area contributed by atoms with Crippen molar-refractivity contribution in [2.24, 2.45) is 0 Å². The SMILES string of the molecule is CCN(CC1Cc2cc(F)ccc2O1)CC(C)(C)O. The van der Waals surface area contributed by atoms with Crippen LogP contribution in [-0.4, -0.2) is 41.3 Å². The van der Waals surface area contributed by atoms with Gasteiger partial charge in [-0.3, -0.25) is 4.90 Å². The van der Waals surface area contributed by atoms with Gasteiger partial charge in [-0.1, -0.05) is 6.92 Å². The molecule has 0 saturated carbocycles. The average molecular weight is 267 g/mol. The number of likely N-dealkylation sites (N-methyl/N-ethyl adjacent to an activating group) is 1. The number of nitrogens with zero attached hydrogens (tertiary/aromatic N) is 1. The molecule has 0 fully saturated rings. The molecular formula is C15H22FNO2. The summed E-state index contributed by atoms with van der Waals surface area (Å²) in [5.74, 6) is 0.567. The van der Waals surface area contributed by atoms with Crippen molar-refractivity contribution < 1.29 is 14.2 Å². The van der Waals surface area contributed by atoms with Crippen molar-refractivity contribution in [3.05, 3.63) is 29.6 Å². The van der Waals surface area contributed by atoms with Crippen LogP contribution in [0.25, 0.3) is 0 Å². The van der Waals surface area contributed by atoms with Gasteiger partial charge in [-0.25, -0.2) is 4.39 Å². The largest absolute Gasteiger partial charge is 0.488 e. The zero-order chi connectivity index (χ0) is 14.0. The van der Waals surface area contributed by atoms with Crippen LogP contribution in [0.3, 0.4) is 0 Å². The van der Waals surface area contributed by atoms with Crippen LogP contribution < -0.4 is 4.74 Å². The van der Waals surface area contributed by atoms with E-state index < -0.39 is 5.60 Å². The second kappa shape index (κ2) is 5.47. The summed E-state index contributed by atoms with van der Waals surface area (Å²) in [6, 6.07) is 4.66. The predicted molar refractivity (Wildman–Crippen MR) is 72.9 cm³/mol. The fourth-order valence-corrected chi connectivity index (χ4v) is 2.53. The number of hydrogen-bond acceptors (Lipinski definition) is 3. The molecule has 3 nitrogen and oxygen atoms in total. The monoisotopic (exact) mass is 267 g/mol. The number of rotatable bonds is 5. The van der Waals surface area contributed by atoms with Crippen molar-refractivity contribution >= 4 is 0 Å². The van der Waals surface area contributed by atoms with Crippen LogP contribution in [0.2, 0.25) is 0 Å². The third-order valence-corrected chi connectivity index (χ3v) is 3.28. The van der Waals surface area contributed by atoms with Gasteiger partial charge in [-0.05, 0) is 38.6 Å². The minimum Gasteiger partial charge on any atom is -0.488 e. The average Bonchev–Trinajstić information content (AvgIpc) is 2.67. The number of aliphatic hydroxyl groups is 1. The third kappa shape index (κ3) is 3.91. The van der Waals surface area contributed by atoms with E-state index in [4.69, 9.17) is 4.74 Å². The van der Waals surface area contributed by atoms with E-state index in [2.05, 4.69) is 11.8 Å². The molecule has 0 bridgehead atoms. The summed E-state index contributed by atoms with van der Waals surface area (Å²) in [6.07, 6.45) is 0.772. The summed E-state index contributed by atoms with van der Waals surface area (Å²) in [4.78, 5) is 2.16. The number of ether oxygens (including phenoxy) is 1. The molecule has 4 heteroatoms. The van der Waals surface area contributed by atoms with Crippen LogP contribution in [0.15, 0.2) is 18.2 Å². The Hall–Kier alpha value is -1.13. The smallest absolute Gasteiger partial charge is 0.123 e. The number of fused-ring (bicyclic) bond motifs is 1. The lowest BCUT2D eigenvalue weighted by atomic mass is 10.1. The van der Waals surface area contributed by atoms with Gasteiger partial charge in [0.2, 0.25) is 0 Å². The van der Waals surface area contributed by atoms with Gasteiger partial charge in [0.25, 0.3) is 0 Å². The van der Waals surface area contributed by atoms with E-state index in [1.807, 2.05) is 0 Å². The van der Waals surface area contributed by atoms with Gasteiger partial charge in [-0.15, -0.1) is 0 Å². The second-order valence-electron chi connectivity index (χ2n) is 5.84. The van der Waals surface area contributed by atoms with Crippen LogP contribution in [0, 0.1) is 5.82 Å². The van der Waals surface area contributed by atoms with E-state index in [1.165, 1.54) is 6.07 Å². The normalized spacial score (nSPS) is 18.5. The topological polar surface area (TPSA) is 32.7 Å². The quantitative estimate of drug-likeness (QED) is 0.888. The van der Waals surface area contributed by atoms with E-state index in [0.717, 1.165) is 30.8 Å². The van der Waals surface area contributed by atoms with Crippen LogP contribution in [0.1, 0.15) is 26.3 Å². The molecule has 1 atom stereocenters. The summed E-state index contributed by atoms with van der Waals surface area (Å²) in [5.41, 5.74) is 0.220. The number of hydrogen-bond donors (Lipinski definition) is 1. The van der Waals surface area contributed by atoms with Gasteiger partial charge in [0.05, 0.1) is 5.60 Å². The maximum Gasteiger partial charge on any atom is 0.123 e. The maximum absolute atomic E-state index is 13.1. The Bertz CT molecular complexity index is 442. The lowest BCUT2D eigenvalue weighted by molar-refractivity contribution is 0.0266. The van der Waals surface area contributed by atoms with E-state index in [0.29, 0.717) is 6.54 Å². The fraction of sp³-hybridized carbons (Fsp3) is 0.600. The Balaban J connectivity index is 1.95. The minimum absolute atomic E-state index is 0.0408. The molecule has 1 aliphatic rings. The molecule has 1 aromatic carbocycles. The zero-order valence-electron chi connectivity index (χ0n) is 11.8. The van der Waals surface area contributed by atoms with Crippen molar-refractivity contribution in [1.82, 2.24) is 4.90 Å². The highest BCUT2D eigenvalue weighted by atomic mass is 19.1. The molecular weight excluding hydrogens is 245 g/mol. The minimum atomic E-state index is -0.715. The first-order valence-corrected chi connectivity index (χ1v) is 6.77. The highest BCUT2D eigenvalue weighted by Crippen LogP contribution is 2.29. The predicted octanol–water partition coefficient (Wildman–Crippen LogP) is 2.22. The van der Waals surface area contributed by atoms with Crippen molar-refractivity contribution in [2.45, 2.75) is 38.9 Å². The Morgan fingerprint density at radius 1 is 1.47 bits per heavy atom. The number of benzene rings is 1. The molecule has 1 aliphatic heterocycles. The molecule has 0 saturated heterocycles. The van der Waals surface area contributed by atoms with Crippen molar-refractivity contribution in [3.8, 4) is 5.75 Å². The molecule has 0 spiro atoms. The maximum atomic E-state index is 13.1. The molecule has 19 heavy (non-hydrogen) atoms. The summed E-state index contributed by atoms with van der Waals surface area (Å²) in [5, 5.41) is 9.87. The molecule has 1 N–H and O–H groups in total. The standard InChI is InChI=1S/C15H22FNO2/c1-4-17(10-15(2,3)18)9-13-8-11-7-12(16)5-6-14(11)19-13/h5-7,13,18H,4,8-10H2,1-3H3. The van der Waals surface area contributed by atoms with Crippen LogP contribution in [0.5, 0.6) is 5.75 Å². The molecule has 1 unspecified atom stereocenters. The van der Waals surface area contributed by atoms with Gasteiger partial charge in [0.1, 0.15) is 17.7 Å². The van der Waals surface area contributed by atoms with Crippen LogP contribution in [0.4, 0.5) is 4.39 Å². The molecule has 1 heterocycles. The van der Waals surface area contributed by atoms with E-state index in [9.17, 15) is 9.50 Å². The first-order valence-electron chi connectivity index (χ1n) is 6.77. The van der Waals surface area contributed by atoms with Crippen LogP contribution >= 0.6 is 0 Å². The lowest BCUT2D eigenvalue weighted by Crippen LogP contribution is -2.43. The fourth-order valence-electron chi connectivity index (χ4n) is 2.53. The van der Waals surface area contributed by atoms with Gasteiger partial charge in [-0.2, -0.15) is 0 Å². The van der Waals surface area contributed by atoms with Crippen molar-refractivity contribution in [1.29, 1.82) is 0 Å². The Morgan fingerprint density at radius 3 is 2.84 bits per heavy atom. The van der Waals surface area contributed by atoms with E-state index in [1.54, 1.807) is 26.0 Å². The van der Waals surface area contributed by atoms with Gasteiger partial charge in [0.15, 0.2) is 0 Å². The molecule has 0 amide bonds. The van der Waals surface area contributed by atoms with Crippen LogP contribution in [-0.2, 0) is 6.42 Å². The summed E-state index contributed by atoms with van der Waals surface area (Å²) >= 11 is 0. The van der Waals surface area contributed by atoms with E-state index >= 15 is 0 Å². The van der Waals surface area contributed by atoms with Crippen molar-refractivity contribution in [2.75, 3.05) is 19.6 Å². The molecule has 0 aliphatic carbocycles. The molecule has 1 aromatic rings. The zero-order valence-corrected chi connectivity index (χ0v) is 11.8. The first-order chi connectivity index (χ1) is 8.87.